The highest BCUT2D eigenvalue weighted by Gasteiger charge is 2.17. The molecule has 1 heterocycles. The molecule has 6 heteroatoms. The van der Waals surface area contributed by atoms with Gasteiger partial charge in [-0.1, -0.05) is 19.9 Å². The largest absolute Gasteiger partial charge is 0.478 e. The number of rotatable bonds is 4. The zero-order valence-electron chi connectivity index (χ0n) is 13.5. The monoisotopic (exact) mass is 313 g/mol. The molecule has 0 spiro atoms. The van der Waals surface area contributed by atoms with Crippen LogP contribution in [-0.2, 0) is 0 Å². The number of carboxylic acid groups (broad SMARTS) is 1. The summed E-state index contributed by atoms with van der Waals surface area (Å²) in [5, 5.41) is 11.8. The fourth-order valence-corrected chi connectivity index (χ4v) is 2.18. The highest BCUT2D eigenvalue weighted by Crippen LogP contribution is 2.21. The number of nitrogens with zero attached hydrogens (tertiary/aromatic N) is 2. The molecule has 1 aromatic carbocycles. The third kappa shape index (κ3) is 3.71. The van der Waals surface area contributed by atoms with Gasteiger partial charge in [0.1, 0.15) is 5.82 Å². The van der Waals surface area contributed by atoms with Crippen LogP contribution in [0.5, 0.6) is 0 Å². The van der Waals surface area contributed by atoms with Crippen LogP contribution in [0.15, 0.2) is 24.4 Å². The number of carbonyl (C=O) groups excluding carboxylic acids is 1. The highest BCUT2D eigenvalue weighted by molar-refractivity contribution is 6.05. The summed E-state index contributed by atoms with van der Waals surface area (Å²) in [4.78, 5) is 32.0. The van der Waals surface area contributed by atoms with Gasteiger partial charge in [0.2, 0.25) is 0 Å². The molecule has 0 radical (unpaired) electrons. The predicted molar refractivity (Wildman–Crippen MR) is 86.9 cm³/mol. The Morgan fingerprint density at radius 2 is 1.91 bits per heavy atom. The van der Waals surface area contributed by atoms with Gasteiger partial charge in [-0.05, 0) is 37.5 Å². The van der Waals surface area contributed by atoms with Gasteiger partial charge in [0, 0.05) is 11.9 Å². The van der Waals surface area contributed by atoms with Crippen molar-refractivity contribution in [3.05, 3.63) is 52.6 Å². The number of nitrogens with one attached hydrogen (secondary N) is 1. The zero-order chi connectivity index (χ0) is 17.1. The molecule has 1 amide bonds. The van der Waals surface area contributed by atoms with E-state index in [4.69, 9.17) is 5.11 Å². The van der Waals surface area contributed by atoms with Crippen molar-refractivity contribution in [2.24, 2.45) is 0 Å². The standard InChI is InChI=1S/C17H19N3O3/c1-9(2)15-13(8-18-11(4)19-15)16(21)20-14-7-12(17(22)23)6-5-10(14)3/h5-9H,1-4H3,(H,20,21)(H,22,23). The van der Waals surface area contributed by atoms with Crippen LogP contribution in [0.25, 0.3) is 0 Å². The number of amides is 1. The van der Waals surface area contributed by atoms with E-state index in [1.807, 2.05) is 13.8 Å². The molecule has 0 fully saturated rings. The first-order chi connectivity index (χ1) is 10.8. The number of aryl methyl sites for hydroxylation is 2. The van der Waals surface area contributed by atoms with E-state index < -0.39 is 5.97 Å². The molecule has 0 unspecified atom stereocenters. The third-order valence-corrected chi connectivity index (χ3v) is 3.46. The maximum Gasteiger partial charge on any atom is 0.335 e. The summed E-state index contributed by atoms with van der Waals surface area (Å²) >= 11 is 0. The van der Waals surface area contributed by atoms with Gasteiger partial charge in [-0.25, -0.2) is 14.8 Å². The fourth-order valence-electron chi connectivity index (χ4n) is 2.18. The Morgan fingerprint density at radius 1 is 1.22 bits per heavy atom. The summed E-state index contributed by atoms with van der Waals surface area (Å²) in [5.74, 6) is -0.709. The van der Waals surface area contributed by atoms with Crippen molar-refractivity contribution in [3.8, 4) is 0 Å². The first-order valence-electron chi connectivity index (χ1n) is 7.28. The Hall–Kier alpha value is -2.76. The molecule has 0 atom stereocenters. The van der Waals surface area contributed by atoms with Crippen molar-refractivity contribution in [1.29, 1.82) is 0 Å². The summed E-state index contributed by atoms with van der Waals surface area (Å²) in [5.41, 5.74) is 2.43. The lowest BCUT2D eigenvalue weighted by Gasteiger charge is -2.13. The molecule has 120 valence electrons. The number of carbonyl (C=O) groups is 2. The van der Waals surface area contributed by atoms with Crippen LogP contribution in [0.2, 0.25) is 0 Å². The molecule has 0 aliphatic rings. The van der Waals surface area contributed by atoms with Gasteiger partial charge >= 0.3 is 5.97 Å². The van der Waals surface area contributed by atoms with E-state index in [0.717, 1.165) is 5.56 Å². The Kier molecular flexibility index (Phi) is 4.74. The second-order valence-corrected chi connectivity index (χ2v) is 5.66. The van der Waals surface area contributed by atoms with Crippen LogP contribution in [0.4, 0.5) is 5.69 Å². The van der Waals surface area contributed by atoms with Gasteiger partial charge in [0.25, 0.3) is 5.91 Å². The Bertz CT molecular complexity index is 770. The number of hydrogen-bond donors (Lipinski definition) is 2. The third-order valence-electron chi connectivity index (χ3n) is 3.46. The van der Waals surface area contributed by atoms with Gasteiger partial charge in [-0.2, -0.15) is 0 Å². The fraction of sp³-hybridized carbons (Fsp3) is 0.294. The molecule has 0 aliphatic carbocycles. The number of aromatic carboxylic acids is 1. The highest BCUT2D eigenvalue weighted by atomic mass is 16.4. The van der Waals surface area contributed by atoms with Crippen molar-refractivity contribution in [1.82, 2.24) is 9.97 Å². The van der Waals surface area contributed by atoms with E-state index >= 15 is 0 Å². The lowest BCUT2D eigenvalue weighted by molar-refractivity contribution is 0.0696. The van der Waals surface area contributed by atoms with Gasteiger partial charge in [0.15, 0.2) is 0 Å². The summed E-state index contributed by atoms with van der Waals surface area (Å²) in [6.45, 7) is 7.48. The van der Waals surface area contributed by atoms with Crippen molar-refractivity contribution < 1.29 is 14.7 Å². The molecule has 6 nitrogen and oxygen atoms in total. The first kappa shape index (κ1) is 16.6. The Balaban J connectivity index is 2.37. The van der Waals surface area contributed by atoms with Crippen molar-refractivity contribution in [2.45, 2.75) is 33.6 Å². The van der Waals surface area contributed by atoms with Crippen LogP contribution < -0.4 is 5.32 Å². The van der Waals surface area contributed by atoms with Crippen molar-refractivity contribution in [3.63, 3.8) is 0 Å². The van der Waals surface area contributed by atoms with Crippen LogP contribution >= 0.6 is 0 Å². The van der Waals surface area contributed by atoms with Gasteiger partial charge in [-0.3, -0.25) is 4.79 Å². The average molecular weight is 313 g/mol. The number of benzene rings is 1. The van der Waals surface area contributed by atoms with E-state index in [2.05, 4.69) is 15.3 Å². The van der Waals surface area contributed by atoms with Gasteiger partial charge < -0.3 is 10.4 Å². The smallest absolute Gasteiger partial charge is 0.335 e. The minimum atomic E-state index is -1.04. The van der Waals surface area contributed by atoms with Gasteiger partial charge in [-0.15, -0.1) is 0 Å². The molecule has 2 N–H and O–H groups in total. The molecule has 2 aromatic rings. The van der Waals surface area contributed by atoms with E-state index in [9.17, 15) is 9.59 Å². The first-order valence-corrected chi connectivity index (χ1v) is 7.28. The zero-order valence-corrected chi connectivity index (χ0v) is 13.5. The molecule has 2 rings (SSSR count). The molecule has 1 aromatic heterocycles. The maximum absolute atomic E-state index is 12.5. The summed E-state index contributed by atoms with van der Waals surface area (Å²) in [6, 6.07) is 4.61. The number of carboxylic acids is 1. The summed E-state index contributed by atoms with van der Waals surface area (Å²) < 4.78 is 0. The minimum Gasteiger partial charge on any atom is -0.478 e. The lowest BCUT2D eigenvalue weighted by Crippen LogP contribution is -2.18. The predicted octanol–water partition coefficient (Wildman–Crippen LogP) is 3.17. The van der Waals surface area contributed by atoms with Crippen LogP contribution in [-0.4, -0.2) is 27.0 Å². The second-order valence-electron chi connectivity index (χ2n) is 5.66. The molecule has 0 bridgehead atoms. The summed E-state index contributed by atoms with van der Waals surface area (Å²) in [7, 11) is 0. The Labute approximate surface area is 134 Å². The molecular formula is C17H19N3O3. The van der Waals surface area contributed by atoms with Gasteiger partial charge in [0.05, 0.1) is 16.8 Å². The van der Waals surface area contributed by atoms with Crippen molar-refractivity contribution in [2.75, 3.05) is 5.32 Å². The normalized spacial score (nSPS) is 10.7. The van der Waals surface area contributed by atoms with Crippen LogP contribution in [0, 0.1) is 13.8 Å². The second kappa shape index (κ2) is 6.56. The van der Waals surface area contributed by atoms with E-state index in [0.29, 0.717) is 22.8 Å². The SMILES string of the molecule is Cc1ncc(C(=O)Nc2cc(C(=O)O)ccc2C)c(C(C)C)n1. The number of hydrogen-bond acceptors (Lipinski definition) is 4. The van der Waals surface area contributed by atoms with Crippen molar-refractivity contribution >= 4 is 17.6 Å². The molecule has 0 saturated carbocycles. The molecule has 23 heavy (non-hydrogen) atoms. The lowest BCUT2D eigenvalue weighted by atomic mass is 10.0. The maximum atomic E-state index is 12.5. The quantitative estimate of drug-likeness (QED) is 0.904. The van der Waals surface area contributed by atoms with Crippen LogP contribution in [0.3, 0.4) is 0 Å². The molecule has 0 aliphatic heterocycles. The topological polar surface area (TPSA) is 92.2 Å². The van der Waals surface area contributed by atoms with Crippen LogP contribution in [0.1, 0.15) is 57.6 Å². The Morgan fingerprint density at radius 3 is 2.52 bits per heavy atom. The van der Waals surface area contributed by atoms with E-state index in [1.54, 1.807) is 19.9 Å². The van der Waals surface area contributed by atoms with E-state index in [1.165, 1.54) is 18.3 Å². The number of anilines is 1. The molecule has 0 saturated heterocycles. The number of aromatic nitrogens is 2. The average Bonchev–Trinajstić information content (AvgIpc) is 2.48. The summed E-state index contributed by atoms with van der Waals surface area (Å²) in [6.07, 6.45) is 1.50. The minimum absolute atomic E-state index is 0.0731. The van der Waals surface area contributed by atoms with E-state index in [-0.39, 0.29) is 17.4 Å². The molecular weight excluding hydrogens is 294 g/mol.